The third-order valence-electron chi connectivity index (χ3n) is 5.34. The second-order valence-corrected chi connectivity index (χ2v) is 7.32. The Morgan fingerprint density at radius 3 is 2.19 bits per heavy atom. The SMILES string of the molecule is COc1ccc(C2CCCN2C(=O)Nc2ccc(Oc3ccc(C#N)cc3)cc2)cc1. The molecule has 0 aromatic heterocycles. The van der Waals surface area contributed by atoms with E-state index in [4.69, 9.17) is 14.7 Å². The number of amides is 2. The molecule has 1 atom stereocenters. The molecule has 0 spiro atoms. The zero-order valence-corrected chi connectivity index (χ0v) is 17.2. The molecule has 1 N–H and O–H groups in total. The molecular formula is C25H23N3O3. The molecule has 31 heavy (non-hydrogen) atoms. The van der Waals surface area contributed by atoms with Crippen molar-refractivity contribution >= 4 is 11.7 Å². The highest BCUT2D eigenvalue weighted by atomic mass is 16.5. The summed E-state index contributed by atoms with van der Waals surface area (Å²) in [6.07, 6.45) is 1.92. The molecule has 1 aliphatic rings. The van der Waals surface area contributed by atoms with Crippen molar-refractivity contribution in [1.29, 1.82) is 5.26 Å². The molecule has 6 heteroatoms. The Hall–Kier alpha value is -3.98. The Morgan fingerprint density at radius 1 is 0.968 bits per heavy atom. The van der Waals surface area contributed by atoms with Crippen LogP contribution in [0.15, 0.2) is 72.8 Å². The molecular weight excluding hydrogens is 390 g/mol. The van der Waals surface area contributed by atoms with E-state index in [0.717, 1.165) is 30.7 Å². The smallest absolute Gasteiger partial charge is 0.322 e. The summed E-state index contributed by atoms with van der Waals surface area (Å²) >= 11 is 0. The van der Waals surface area contributed by atoms with Gasteiger partial charge >= 0.3 is 6.03 Å². The Kier molecular flexibility index (Phi) is 6.04. The number of ether oxygens (including phenoxy) is 2. The van der Waals surface area contributed by atoms with E-state index in [2.05, 4.69) is 11.4 Å². The van der Waals surface area contributed by atoms with Gasteiger partial charge < -0.3 is 19.7 Å². The van der Waals surface area contributed by atoms with Crippen LogP contribution >= 0.6 is 0 Å². The average Bonchev–Trinajstić information content (AvgIpc) is 3.31. The molecule has 0 saturated carbocycles. The lowest BCUT2D eigenvalue weighted by atomic mass is 10.0. The number of methoxy groups -OCH3 is 1. The second kappa shape index (κ2) is 9.23. The van der Waals surface area contributed by atoms with Crippen LogP contribution in [0.5, 0.6) is 17.2 Å². The monoisotopic (exact) mass is 413 g/mol. The number of hydrogen-bond acceptors (Lipinski definition) is 4. The van der Waals surface area contributed by atoms with Gasteiger partial charge in [0.2, 0.25) is 0 Å². The van der Waals surface area contributed by atoms with Crippen molar-refractivity contribution in [1.82, 2.24) is 4.90 Å². The molecule has 6 nitrogen and oxygen atoms in total. The third kappa shape index (κ3) is 4.78. The van der Waals surface area contributed by atoms with Crippen LogP contribution in [0.25, 0.3) is 0 Å². The van der Waals surface area contributed by atoms with Crippen molar-refractivity contribution in [3.63, 3.8) is 0 Å². The molecule has 1 saturated heterocycles. The van der Waals surface area contributed by atoms with E-state index in [9.17, 15) is 4.79 Å². The van der Waals surface area contributed by atoms with E-state index in [1.807, 2.05) is 41.3 Å². The van der Waals surface area contributed by atoms with E-state index in [1.165, 1.54) is 0 Å². The highest BCUT2D eigenvalue weighted by Gasteiger charge is 2.30. The van der Waals surface area contributed by atoms with Gasteiger partial charge in [-0.1, -0.05) is 12.1 Å². The van der Waals surface area contributed by atoms with Crippen molar-refractivity contribution in [3.8, 4) is 23.3 Å². The standard InChI is InChI=1S/C25H23N3O3/c1-30-21-12-6-19(7-13-21)24-3-2-16-28(24)25(29)27-20-8-14-23(15-9-20)31-22-10-4-18(17-26)5-11-22/h4-15,24H,2-3,16H2,1H3,(H,27,29). The van der Waals surface area contributed by atoms with Gasteiger partial charge in [0, 0.05) is 12.2 Å². The first kappa shape index (κ1) is 20.3. The quantitative estimate of drug-likeness (QED) is 0.580. The first-order valence-electron chi connectivity index (χ1n) is 10.2. The lowest BCUT2D eigenvalue weighted by Crippen LogP contribution is -2.34. The van der Waals surface area contributed by atoms with Gasteiger partial charge in [-0.3, -0.25) is 0 Å². The van der Waals surface area contributed by atoms with Gasteiger partial charge in [-0.2, -0.15) is 5.26 Å². The van der Waals surface area contributed by atoms with Gasteiger partial charge in [-0.25, -0.2) is 4.79 Å². The lowest BCUT2D eigenvalue weighted by molar-refractivity contribution is 0.207. The minimum absolute atomic E-state index is 0.0601. The Balaban J connectivity index is 1.38. The van der Waals surface area contributed by atoms with Gasteiger partial charge in [-0.05, 0) is 79.1 Å². The fourth-order valence-corrected chi connectivity index (χ4v) is 3.72. The first-order chi connectivity index (χ1) is 15.2. The minimum Gasteiger partial charge on any atom is -0.497 e. The average molecular weight is 413 g/mol. The van der Waals surface area contributed by atoms with E-state index in [-0.39, 0.29) is 12.1 Å². The largest absolute Gasteiger partial charge is 0.497 e. The summed E-state index contributed by atoms with van der Waals surface area (Å²) in [7, 11) is 1.64. The number of nitriles is 1. The number of carbonyl (C=O) groups is 1. The molecule has 0 bridgehead atoms. The van der Waals surface area contributed by atoms with Crippen LogP contribution in [0.2, 0.25) is 0 Å². The van der Waals surface area contributed by atoms with Crippen molar-refractivity contribution in [3.05, 3.63) is 83.9 Å². The molecule has 1 fully saturated rings. The number of likely N-dealkylation sites (tertiary alicyclic amines) is 1. The molecule has 3 aromatic carbocycles. The Labute approximate surface area is 181 Å². The summed E-state index contributed by atoms with van der Waals surface area (Å²) in [5.74, 6) is 2.11. The van der Waals surface area contributed by atoms with E-state index in [0.29, 0.717) is 22.7 Å². The molecule has 4 rings (SSSR count). The summed E-state index contributed by atoms with van der Waals surface area (Å²) in [4.78, 5) is 14.8. The maximum atomic E-state index is 12.9. The fourth-order valence-electron chi connectivity index (χ4n) is 3.72. The molecule has 0 aliphatic carbocycles. The van der Waals surface area contributed by atoms with Gasteiger partial charge in [0.25, 0.3) is 0 Å². The summed E-state index contributed by atoms with van der Waals surface area (Å²) < 4.78 is 11.0. The highest BCUT2D eigenvalue weighted by molar-refractivity contribution is 5.89. The predicted octanol–water partition coefficient (Wildman–Crippen LogP) is 5.73. The third-order valence-corrected chi connectivity index (χ3v) is 5.34. The highest BCUT2D eigenvalue weighted by Crippen LogP contribution is 2.33. The maximum Gasteiger partial charge on any atom is 0.322 e. The van der Waals surface area contributed by atoms with Crippen LogP contribution in [0, 0.1) is 11.3 Å². The Bertz CT molecular complexity index is 1070. The molecule has 1 aliphatic heterocycles. The summed E-state index contributed by atoms with van der Waals surface area (Å²) in [6, 6.07) is 24.1. The van der Waals surface area contributed by atoms with Crippen LogP contribution < -0.4 is 14.8 Å². The number of hydrogen-bond donors (Lipinski definition) is 1. The molecule has 3 aromatic rings. The summed E-state index contributed by atoms with van der Waals surface area (Å²) in [5.41, 5.74) is 2.40. The van der Waals surface area contributed by atoms with E-state index < -0.39 is 0 Å². The number of benzene rings is 3. The van der Waals surface area contributed by atoms with Gasteiger partial charge in [-0.15, -0.1) is 0 Å². The number of nitrogens with zero attached hydrogens (tertiary/aromatic N) is 2. The molecule has 156 valence electrons. The number of nitrogens with one attached hydrogen (secondary N) is 1. The predicted molar refractivity (Wildman–Crippen MR) is 118 cm³/mol. The number of urea groups is 1. The second-order valence-electron chi connectivity index (χ2n) is 7.32. The maximum absolute atomic E-state index is 12.9. The topological polar surface area (TPSA) is 74.6 Å². The van der Waals surface area contributed by atoms with Crippen LogP contribution in [0.4, 0.5) is 10.5 Å². The van der Waals surface area contributed by atoms with Crippen molar-refractivity contribution in [2.45, 2.75) is 18.9 Å². The van der Waals surface area contributed by atoms with Crippen LogP contribution in [-0.4, -0.2) is 24.6 Å². The zero-order chi connectivity index (χ0) is 21.6. The molecule has 1 heterocycles. The molecule has 0 radical (unpaired) electrons. The van der Waals surface area contributed by atoms with Gasteiger partial charge in [0.15, 0.2) is 0 Å². The summed E-state index contributed by atoms with van der Waals surface area (Å²) in [6.45, 7) is 0.725. The first-order valence-corrected chi connectivity index (χ1v) is 10.2. The minimum atomic E-state index is -0.112. The van der Waals surface area contributed by atoms with Crippen molar-refractivity contribution < 1.29 is 14.3 Å². The Morgan fingerprint density at radius 2 is 1.58 bits per heavy atom. The number of carbonyl (C=O) groups excluding carboxylic acids is 1. The molecule has 2 amide bonds. The van der Waals surface area contributed by atoms with Crippen molar-refractivity contribution in [2.24, 2.45) is 0 Å². The number of anilines is 1. The van der Waals surface area contributed by atoms with Crippen LogP contribution in [-0.2, 0) is 0 Å². The normalized spacial score (nSPS) is 15.2. The van der Waals surface area contributed by atoms with Crippen LogP contribution in [0.1, 0.15) is 30.0 Å². The fraction of sp³-hybridized carbons (Fsp3) is 0.200. The van der Waals surface area contributed by atoms with E-state index in [1.54, 1.807) is 43.5 Å². The van der Waals surface area contributed by atoms with Crippen LogP contribution in [0.3, 0.4) is 0 Å². The van der Waals surface area contributed by atoms with Gasteiger partial charge in [0.05, 0.1) is 24.8 Å². The van der Waals surface area contributed by atoms with E-state index >= 15 is 0 Å². The lowest BCUT2D eigenvalue weighted by Gasteiger charge is -2.25. The zero-order valence-electron chi connectivity index (χ0n) is 17.2. The van der Waals surface area contributed by atoms with Crippen molar-refractivity contribution in [2.75, 3.05) is 19.0 Å². The molecule has 1 unspecified atom stereocenters. The van der Waals surface area contributed by atoms with Gasteiger partial charge in [0.1, 0.15) is 17.2 Å². The summed E-state index contributed by atoms with van der Waals surface area (Å²) in [5, 5.41) is 11.9. The number of rotatable bonds is 5.